The first-order chi connectivity index (χ1) is 9.49. The zero-order valence-electron chi connectivity index (χ0n) is 11.4. The molecule has 0 unspecified atom stereocenters. The summed E-state index contributed by atoms with van der Waals surface area (Å²) < 4.78 is 5.27. The number of aromatic carboxylic acids is 1. The summed E-state index contributed by atoms with van der Waals surface area (Å²) in [6.45, 7) is 9.64. The van der Waals surface area contributed by atoms with Crippen LogP contribution < -0.4 is 5.32 Å². The van der Waals surface area contributed by atoms with E-state index >= 15 is 0 Å². The number of furan rings is 1. The van der Waals surface area contributed by atoms with Crippen molar-refractivity contribution < 1.29 is 19.1 Å². The second-order valence-corrected chi connectivity index (χ2v) is 4.13. The van der Waals surface area contributed by atoms with Gasteiger partial charge in [-0.2, -0.15) is 0 Å². The third kappa shape index (κ3) is 4.01. The molecule has 0 fully saturated rings. The summed E-state index contributed by atoms with van der Waals surface area (Å²) in [6, 6.07) is 1.11. The van der Waals surface area contributed by atoms with E-state index in [0.29, 0.717) is 24.6 Å². The number of nitrogens with one attached hydrogen (secondary N) is 1. The Kier molecular flexibility index (Phi) is 5.58. The fourth-order valence-corrected chi connectivity index (χ4v) is 1.67. The topological polar surface area (TPSA) is 82.8 Å². The summed E-state index contributed by atoms with van der Waals surface area (Å²) in [5.41, 5.74) is 0.100. The molecule has 0 aromatic carbocycles. The summed E-state index contributed by atoms with van der Waals surface area (Å²) in [5, 5.41) is 11.6. The van der Waals surface area contributed by atoms with Crippen LogP contribution >= 0.6 is 0 Å². The highest BCUT2D eigenvalue weighted by Gasteiger charge is 2.15. The zero-order chi connectivity index (χ0) is 15.1. The molecule has 0 saturated heterocycles. The first-order valence-electron chi connectivity index (χ1n) is 6.06. The number of carboxylic acids is 1. The number of carbonyl (C=O) groups excluding carboxylic acids is 1. The molecule has 0 aliphatic rings. The normalized spacial score (nSPS) is 9.85. The lowest BCUT2D eigenvalue weighted by atomic mass is 10.2. The van der Waals surface area contributed by atoms with Crippen LogP contribution in [0.5, 0.6) is 0 Å². The average Bonchev–Trinajstić information content (AvgIpc) is 2.77. The molecule has 0 atom stereocenters. The van der Waals surface area contributed by atoms with Gasteiger partial charge in [-0.05, 0) is 13.0 Å². The smallest absolute Gasteiger partial charge is 0.339 e. The van der Waals surface area contributed by atoms with E-state index in [1.54, 1.807) is 19.1 Å². The van der Waals surface area contributed by atoms with Crippen LogP contribution in [0.25, 0.3) is 0 Å². The van der Waals surface area contributed by atoms with E-state index in [9.17, 15) is 9.59 Å². The molecule has 0 saturated carbocycles. The van der Waals surface area contributed by atoms with E-state index in [1.165, 1.54) is 11.0 Å². The van der Waals surface area contributed by atoms with Gasteiger partial charge >= 0.3 is 12.0 Å². The van der Waals surface area contributed by atoms with Gasteiger partial charge in [0.25, 0.3) is 0 Å². The Balaban J connectivity index is 2.63. The average molecular weight is 278 g/mol. The molecule has 1 aromatic heterocycles. The van der Waals surface area contributed by atoms with E-state index < -0.39 is 5.97 Å². The van der Waals surface area contributed by atoms with E-state index in [0.717, 1.165) is 0 Å². The molecule has 0 aliphatic heterocycles. The van der Waals surface area contributed by atoms with Crippen molar-refractivity contribution in [3.05, 3.63) is 48.5 Å². The number of nitrogens with zero attached hydrogens (tertiary/aromatic N) is 1. The van der Waals surface area contributed by atoms with Gasteiger partial charge in [-0.3, -0.25) is 0 Å². The quantitative estimate of drug-likeness (QED) is 0.749. The largest absolute Gasteiger partial charge is 0.478 e. The standard InChI is InChI=1S/C14H18N2O4/c1-4-6-16(7-5-2)14(19)15-9-11-8-12(13(17)18)10(3)20-11/h4-5,8H,1-2,6-7,9H2,3H3,(H,15,19)(H,17,18). The van der Waals surface area contributed by atoms with Crippen LogP contribution in [0.3, 0.4) is 0 Å². The highest BCUT2D eigenvalue weighted by molar-refractivity contribution is 5.88. The summed E-state index contributed by atoms with van der Waals surface area (Å²) in [4.78, 5) is 24.3. The van der Waals surface area contributed by atoms with Crippen LogP contribution in [0.4, 0.5) is 4.79 Å². The molecule has 6 nitrogen and oxygen atoms in total. The fraction of sp³-hybridized carbons (Fsp3) is 0.286. The van der Waals surface area contributed by atoms with Crippen molar-refractivity contribution in [2.45, 2.75) is 13.5 Å². The zero-order valence-corrected chi connectivity index (χ0v) is 11.4. The van der Waals surface area contributed by atoms with Crippen molar-refractivity contribution in [1.29, 1.82) is 0 Å². The Morgan fingerprint density at radius 2 is 2.00 bits per heavy atom. The van der Waals surface area contributed by atoms with Gasteiger partial charge in [-0.1, -0.05) is 12.2 Å². The van der Waals surface area contributed by atoms with Crippen molar-refractivity contribution in [3.8, 4) is 0 Å². The van der Waals surface area contributed by atoms with E-state index in [2.05, 4.69) is 18.5 Å². The van der Waals surface area contributed by atoms with E-state index in [4.69, 9.17) is 9.52 Å². The second-order valence-electron chi connectivity index (χ2n) is 4.13. The number of aryl methyl sites for hydroxylation is 1. The van der Waals surface area contributed by atoms with Crippen LogP contribution in [-0.4, -0.2) is 35.1 Å². The van der Waals surface area contributed by atoms with E-state index in [1.807, 2.05) is 0 Å². The fourth-order valence-electron chi connectivity index (χ4n) is 1.67. The monoisotopic (exact) mass is 278 g/mol. The number of hydrogen-bond donors (Lipinski definition) is 2. The van der Waals surface area contributed by atoms with Gasteiger partial charge in [0.05, 0.1) is 6.54 Å². The van der Waals surface area contributed by atoms with Gasteiger partial charge in [0.15, 0.2) is 0 Å². The minimum Gasteiger partial charge on any atom is -0.478 e. The molecule has 0 aliphatic carbocycles. The summed E-state index contributed by atoms with van der Waals surface area (Å²) in [7, 11) is 0. The minimum absolute atomic E-state index is 0.100. The van der Waals surface area contributed by atoms with Gasteiger partial charge in [0, 0.05) is 13.1 Å². The molecule has 0 radical (unpaired) electrons. The van der Waals surface area contributed by atoms with Crippen LogP contribution in [0.15, 0.2) is 35.8 Å². The molecule has 6 heteroatoms. The molecular formula is C14H18N2O4. The number of hydrogen-bond acceptors (Lipinski definition) is 3. The molecule has 1 aromatic rings. The Bertz CT molecular complexity index is 509. The Hall–Kier alpha value is -2.50. The summed E-state index contributed by atoms with van der Waals surface area (Å²) in [6.07, 6.45) is 3.23. The first kappa shape index (κ1) is 15.6. The maximum atomic E-state index is 11.9. The molecule has 1 rings (SSSR count). The van der Waals surface area contributed by atoms with Crippen LogP contribution in [0, 0.1) is 6.92 Å². The summed E-state index contributed by atoms with van der Waals surface area (Å²) in [5.74, 6) is -0.343. The third-order valence-electron chi connectivity index (χ3n) is 2.60. The van der Waals surface area contributed by atoms with Gasteiger partial charge in [-0.25, -0.2) is 9.59 Å². The van der Waals surface area contributed by atoms with Crippen molar-refractivity contribution in [3.63, 3.8) is 0 Å². The third-order valence-corrected chi connectivity index (χ3v) is 2.60. The molecule has 2 N–H and O–H groups in total. The maximum absolute atomic E-state index is 11.9. The highest BCUT2D eigenvalue weighted by atomic mass is 16.4. The highest BCUT2D eigenvalue weighted by Crippen LogP contribution is 2.14. The van der Waals surface area contributed by atoms with Crippen molar-refractivity contribution in [2.75, 3.05) is 13.1 Å². The predicted molar refractivity (Wildman–Crippen MR) is 74.6 cm³/mol. The molecular weight excluding hydrogens is 260 g/mol. The van der Waals surface area contributed by atoms with Crippen molar-refractivity contribution in [2.24, 2.45) is 0 Å². The Labute approximate surface area is 117 Å². The number of rotatable bonds is 7. The molecule has 20 heavy (non-hydrogen) atoms. The van der Waals surface area contributed by atoms with Gasteiger partial charge < -0.3 is 19.7 Å². The van der Waals surface area contributed by atoms with E-state index in [-0.39, 0.29) is 18.1 Å². The van der Waals surface area contributed by atoms with Crippen LogP contribution in [0.2, 0.25) is 0 Å². The van der Waals surface area contributed by atoms with Crippen LogP contribution in [-0.2, 0) is 6.54 Å². The van der Waals surface area contributed by atoms with Gasteiger partial charge in [0.1, 0.15) is 17.1 Å². The lowest BCUT2D eigenvalue weighted by Crippen LogP contribution is -2.39. The molecule has 0 bridgehead atoms. The molecule has 1 heterocycles. The maximum Gasteiger partial charge on any atom is 0.339 e. The molecule has 108 valence electrons. The SMILES string of the molecule is C=CCN(CC=C)C(=O)NCc1cc(C(=O)O)c(C)o1. The lowest BCUT2D eigenvalue weighted by Gasteiger charge is -2.19. The lowest BCUT2D eigenvalue weighted by molar-refractivity contribution is 0.0695. The first-order valence-corrected chi connectivity index (χ1v) is 6.06. The minimum atomic E-state index is -1.05. The Morgan fingerprint density at radius 1 is 1.40 bits per heavy atom. The number of carbonyl (C=O) groups is 2. The van der Waals surface area contributed by atoms with Crippen molar-refractivity contribution >= 4 is 12.0 Å². The van der Waals surface area contributed by atoms with Crippen molar-refractivity contribution in [1.82, 2.24) is 10.2 Å². The number of urea groups is 1. The molecule has 2 amide bonds. The Morgan fingerprint density at radius 3 is 2.45 bits per heavy atom. The van der Waals surface area contributed by atoms with Crippen LogP contribution in [0.1, 0.15) is 21.9 Å². The predicted octanol–water partition coefficient (Wildman–Crippen LogP) is 2.17. The molecule has 0 spiro atoms. The van der Waals surface area contributed by atoms with Gasteiger partial charge in [-0.15, -0.1) is 13.2 Å². The van der Waals surface area contributed by atoms with Gasteiger partial charge in [0.2, 0.25) is 0 Å². The second kappa shape index (κ2) is 7.18. The number of amides is 2. The summed E-state index contributed by atoms with van der Waals surface area (Å²) >= 11 is 0. The number of carboxylic acid groups (broad SMARTS) is 1.